The highest BCUT2D eigenvalue weighted by molar-refractivity contribution is 7.54. The predicted octanol–water partition coefficient (Wildman–Crippen LogP) is 1.37. The lowest BCUT2D eigenvalue weighted by Gasteiger charge is -2.10. The van der Waals surface area contributed by atoms with Crippen molar-refractivity contribution >= 4 is 13.4 Å². The lowest BCUT2D eigenvalue weighted by Crippen LogP contribution is -2.04. The minimum atomic E-state index is -3.24. The Balaban J connectivity index is 4.02. The van der Waals surface area contributed by atoms with Crippen molar-refractivity contribution < 1.29 is 23.5 Å². The molecule has 0 aromatic carbocycles. The van der Waals surface area contributed by atoms with Crippen molar-refractivity contribution in [2.45, 2.75) is 12.8 Å². The zero-order valence-electron chi connectivity index (χ0n) is 9.01. The van der Waals surface area contributed by atoms with E-state index in [4.69, 9.17) is 5.11 Å². The van der Waals surface area contributed by atoms with E-state index in [1.54, 1.807) is 6.08 Å². The summed E-state index contributed by atoms with van der Waals surface area (Å²) in [6, 6.07) is 0. The fourth-order valence-corrected chi connectivity index (χ4v) is 1.77. The molecule has 0 spiro atoms. The summed E-state index contributed by atoms with van der Waals surface area (Å²) in [6.07, 6.45) is 3.94. The Kier molecular flexibility index (Phi) is 7.52. The highest BCUT2D eigenvalue weighted by Crippen LogP contribution is 2.45. The molecule has 88 valence electrons. The number of rotatable bonds is 8. The Bertz CT molecular complexity index is 253. The lowest BCUT2D eigenvalue weighted by atomic mass is 10.3. The van der Waals surface area contributed by atoms with Crippen LogP contribution in [0.15, 0.2) is 12.2 Å². The molecule has 6 heteroatoms. The molecular formula is C9H17O5P. The normalized spacial score (nSPS) is 12.2. The standard InChI is InChI=1S/C9H17O5P/c1-13-15(12,14-2)8-9(11)6-4-3-5-7-10/h4,6,10H,3,5,7-8H2,1-2H3/b6-4+. The molecule has 0 radical (unpaired) electrons. The first kappa shape index (κ1) is 14.5. The van der Waals surface area contributed by atoms with Gasteiger partial charge in [0.2, 0.25) is 0 Å². The molecule has 0 bridgehead atoms. The van der Waals surface area contributed by atoms with Crippen LogP contribution in [-0.2, 0) is 18.4 Å². The second-order valence-corrected chi connectivity index (χ2v) is 5.14. The van der Waals surface area contributed by atoms with E-state index in [0.29, 0.717) is 12.8 Å². The van der Waals surface area contributed by atoms with Crippen LogP contribution in [0.3, 0.4) is 0 Å². The molecule has 0 aliphatic carbocycles. The lowest BCUT2D eigenvalue weighted by molar-refractivity contribution is -0.112. The maximum Gasteiger partial charge on any atom is 0.337 e. The van der Waals surface area contributed by atoms with Gasteiger partial charge in [0, 0.05) is 20.8 Å². The summed E-state index contributed by atoms with van der Waals surface area (Å²) >= 11 is 0. The Morgan fingerprint density at radius 1 is 1.40 bits per heavy atom. The number of carbonyl (C=O) groups is 1. The molecule has 0 amide bonds. The molecule has 0 saturated carbocycles. The minimum Gasteiger partial charge on any atom is -0.396 e. The zero-order valence-corrected chi connectivity index (χ0v) is 9.90. The number of carbonyl (C=O) groups excluding carboxylic acids is 1. The number of hydrogen-bond donors (Lipinski definition) is 1. The van der Waals surface area contributed by atoms with Gasteiger partial charge in [0.25, 0.3) is 0 Å². The van der Waals surface area contributed by atoms with Crippen molar-refractivity contribution in [2.24, 2.45) is 0 Å². The van der Waals surface area contributed by atoms with Crippen LogP contribution < -0.4 is 0 Å². The largest absolute Gasteiger partial charge is 0.396 e. The topological polar surface area (TPSA) is 72.8 Å². The average Bonchev–Trinajstić information content (AvgIpc) is 2.24. The fourth-order valence-electron chi connectivity index (χ4n) is 0.871. The number of aliphatic hydroxyl groups is 1. The van der Waals surface area contributed by atoms with Crippen LogP contribution in [0, 0.1) is 0 Å². The Morgan fingerprint density at radius 3 is 2.47 bits per heavy atom. The summed E-state index contributed by atoms with van der Waals surface area (Å²) in [5.41, 5.74) is 0. The third-order valence-electron chi connectivity index (χ3n) is 1.74. The predicted molar refractivity (Wildman–Crippen MR) is 57.0 cm³/mol. The van der Waals surface area contributed by atoms with E-state index in [9.17, 15) is 9.36 Å². The smallest absolute Gasteiger partial charge is 0.337 e. The quantitative estimate of drug-likeness (QED) is 0.391. The SMILES string of the molecule is COP(=O)(CC(=O)/C=C/CCCO)OC. The van der Waals surface area contributed by atoms with Gasteiger partial charge in [0.05, 0.1) is 0 Å². The van der Waals surface area contributed by atoms with Crippen molar-refractivity contribution in [2.75, 3.05) is 27.0 Å². The number of unbranched alkanes of at least 4 members (excludes halogenated alkanes) is 1. The molecule has 5 nitrogen and oxygen atoms in total. The molecule has 0 heterocycles. The highest BCUT2D eigenvalue weighted by Gasteiger charge is 2.23. The summed E-state index contributed by atoms with van der Waals surface area (Å²) in [5, 5.41) is 8.49. The number of allylic oxidation sites excluding steroid dienone is 2. The van der Waals surface area contributed by atoms with Gasteiger partial charge >= 0.3 is 7.60 Å². The van der Waals surface area contributed by atoms with E-state index in [2.05, 4.69) is 9.05 Å². The van der Waals surface area contributed by atoms with Crippen LogP contribution in [0.4, 0.5) is 0 Å². The van der Waals surface area contributed by atoms with Gasteiger partial charge in [-0.2, -0.15) is 0 Å². The molecule has 0 fully saturated rings. The van der Waals surface area contributed by atoms with Gasteiger partial charge in [-0.3, -0.25) is 9.36 Å². The second kappa shape index (κ2) is 7.77. The molecule has 0 aliphatic heterocycles. The van der Waals surface area contributed by atoms with E-state index in [1.165, 1.54) is 20.3 Å². The Labute approximate surface area is 89.6 Å². The van der Waals surface area contributed by atoms with Crippen LogP contribution in [0.5, 0.6) is 0 Å². The number of aliphatic hydroxyl groups excluding tert-OH is 1. The first-order valence-electron chi connectivity index (χ1n) is 4.58. The molecule has 0 aliphatic rings. The number of ketones is 1. The highest BCUT2D eigenvalue weighted by atomic mass is 31.2. The summed E-state index contributed by atoms with van der Waals surface area (Å²) in [7, 11) is -0.757. The van der Waals surface area contributed by atoms with E-state index >= 15 is 0 Å². The first-order chi connectivity index (χ1) is 7.08. The van der Waals surface area contributed by atoms with E-state index in [-0.39, 0.29) is 18.6 Å². The van der Waals surface area contributed by atoms with E-state index < -0.39 is 7.60 Å². The fraction of sp³-hybridized carbons (Fsp3) is 0.667. The molecule has 0 rings (SSSR count). The van der Waals surface area contributed by atoms with Crippen molar-refractivity contribution in [1.82, 2.24) is 0 Å². The van der Waals surface area contributed by atoms with Crippen molar-refractivity contribution in [3.63, 3.8) is 0 Å². The monoisotopic (exact) mass is 236 g/mol. The maximum absolute atomic E-state index is 11.5. The van der Waals surface area contributed by atoms with Gasteiger partial charge in [-0.05, 0) is 18.9 Å². The molecule has 0 saturated heterocycles. The van der Waals surface area contributed by atoms with Crippen molar-refractivity contribution in [3.8, 4) is 0 Å². The molecule has 0 atom stereocenters. The molecule has 1 N–H and O–H groups in total. The van der Waals surface area contributed by atoms with Crippen molar-refractivity contribution in [3.05, 3.63) is 12.2 Å². The van der Waals surface area contributed by atoms with Crippen molar-refractivity contribution in [1.29, 1.82) is 0 Å². The summed E-state index contributed by atoms with van der Waals surface area (Å²) in [6.45, 7) is 0.0904. The van der Waals surface area contributed by atoms with Gasteiger partial charge in [-0.1, -0.05) is 6.08 Å². The van der Waals surface area contributed by atoms with Crippen LogP contribution in [0.25, 0.3) is 0 Å². The van der Waals surface area contributed by atoms with Gasteiger partial charge < -0.3 is 14.2 Å². The van der Waals surface area contributed by atoms with Crippen LogP contribution >= 0.6 is 7.60 Å². The van der Waals surface area contributed by atoms with Crippen LogP contribution in [-0.4, -0.2) is 37.9 Å². The van der Waals surface area contributed by atoms with Crippen LogP contribution in [0.1, 0.15) is 12.8 Å². The minimum absolute atomic E-state index is 0.0904. The Morgan fingerprint density at radius 2 is 2.00 bits per heavy atom. The van der Waals surface area contributed by atoms with E-state index in [0.717, 1.165) is 0 Å². The number of hydrogen-bond acceptors (Lipinski definition) is 5. The molecular weight excluding hydrogens is 219 g/mol. The Hall–Kier alpha value is -0.480. The maximum atomic E-state index is 11.5. The second-order valence-electron chi connectivity index (χ2n) is 2.87. The van der Waals surface area contributed by atoms with Gasteiger partial charge in [0.1, 0.15) is 6.16 Å². The summed E-state index contributed by atoms with van der Waals surface area (Å²) in [4.78, 5) is 11.3. The zero-order chi connectivity index (χ0) is 11.7. The summed E-state index contributed by atoms with van der Waals surface area (Å²) < 4.78 is 20.8. The third-order valence-corrected chi connectivity index (χ3v) is 3.55. The van der Waals surface area contributed by atoms with Gasteiger partial charge in [-0.25, -0.2) is 0 Å². The molecule has 0 aromatic heterocycles. The molecule has 0 aromatic rings. The van der Waals surface area contributed by atoms with E-state index in [1.807, 2.05) is 0 Å². The summed E-state index contributed by atoms with van der Waals surface area (Å²) in [5.74, 6) is -0.306. The average molecular weight is 236 g/mol. The first-order valence-corrected chi connectivity index (χ1v) is 6.31. The van der Waals surface area contributed by atoms with Crippen LogP contribution in [0.2, 0.25) is 0 Å². The third kappa shape index (κ3) is 6.57. The molecule has 15 heavy (non-hydrogen) atoms. The molecule has 0 unspecified atom stereocenters. The van der Waals surface area contributed by atoms with Gasteiger partial charge in [-0.15, -0.1) is 0 Å². The van der Waals surface area contributed by atoms with Gasteiger partial charge in [0.15, 0.2) is 5.78 Å².